The number of carbonyl (C=O) groups excluding carboxylic acids is 3. The van der Waals surface area contributed by atoms with Crippen LogP contribution in [0.3, 0.4) is 0 Å². The first-order valence-corrected chi connectivity index (χ1v) is 13.3. The molecule has 0 saturated heterocycles. The van der Waals surface area contributed by atoms with Gasteiger partial charge >= 0.3 is 5.97 Å². The molecule has 4 rings (SSSR count). The SMILES string of the molecule is COc1cc(C(=O)Oc2ccccc2/C=N\NC(=O)c2ccc(NC(=O)c3ccc(Cl)cc3Cl)cc2)cc(OC)c1OC. The standard InChI is InChI=1S/C31H25Cl2N3O7/c1-40-26-14-20(15-27(41-2)28(26)42-3)31(39)43-25-7-5-4-6-19(25)17-34-36-29(37)18-8-11-22(12-9-18)35-30(38)23-13-10-21(32)16-24(23)33/h4-17H,1-3H3,(H,35,38)(H,36,37)/b34-17-. The van der Waals surface area contributed by atoms with Gasteiger partial charge in [-0.1, -0.05) is 35.3 Å². The molecule has 0 spiro atoms. The van der Waals surface area contributed by atoms with E-state index in [4.69, 9.17) is 42.1 Å². The Hall–Kier alpha value is -5.06. The molecule has 12 heteroatoms. The van der Waals surface area contributed by atoms with E-state index in [1.165, 1.54) is 63.9 Å². The predicted molar refractivity (Wildman–Crippen MR) is 163 cm³/mol. The van der Waals surface area contributed by atoms with Crippen molar-refractivity contribution >= 4 is 52.9 Å². The van der Waals surface area contributed by atoms with Gasteiger partial charge in [0.25, 0.3) is 11.8 Å². The Bertz CT molecular complexity index is 1670. The smallest absolute Gasteiger partial charge is 0.343 e. The average Bonchev–Trinajstić information content (AvgIpc) is 3.01. The van der Waals surface area contributed by atoms with Crippen molar-refractivity contribution < 1.29 is 33.3 Å². The van der Waals surface area contributed by atoms with Gasteiger partial charge < -0.3 is 24.3 Å². The molecule has 10 nitrogen and oxygen atoms in total. The number of nitrogens with zero attached hydrogens (tertiary/aromatic N) is 1. The number of amides is 2. The first kappa shape index (κ1) is 30.9. The molecular weight excluding hydrogens is 597 g/mol. The van der Waals surface area contributed by atoms with Crippen molar-refractivity contribution in [2.75, 3.05) is 26.6 Å². The summed E-state index contributed by atoms with van der Waals surface area (Å²) in [5.41, 5.74) is 4.04. The lowest BCUT2D eigenvalue weighted by atomic mass is 10.1. The third kappa shape index (κ3) is 7.62. The van der Waals surface area contributed by atoms with Crippen LogP contribution in [0.1, 0.15) is 36.6 Å². The number of methoxy groups -OCH3 is 3. The quantitative estimate of drug-likeness (QED) is 0.0927. The van der Waals surface area contributed by atoms with Crippen LogP contribution < -0.4 is 29.7 Å². The number of ether oxygens (including phenoxy) is 4. The summed E-state index contributed by atoms with van der Waals surface area (Å²) in [7, 11) is 4.35. The molecule has 4 aromatic carbocycles. The second-order valence-corrected chi connectivity index (χ2v) is 9.54. The minimum atomic E-state index is -0.672. The molecule has 2 N–H and O–H groups in total. The maximum Gasteiger partial charge on any atom is 0.343 e. The van der Waals surface area contributed by atoms with Gasteiger partial charge in [0, 0.05) is 21.8 Å². The summed E-state index contributed by atoms with van der Waals surface area (Å²) in [6.07, 6.45) is 1.35. The number of nitrogens with one attached hydrogen (secondary N) is 2. The molecule has 0 saturated carbocycles. The summed E-state index contributed by atoms with van der Waals surface area (Å²) in [5, 5.41) is 7.34. The molecule has 0 atom stereocenters. The van der Waals surface area contributed by atoms with E-state index in [0.29, 0.717) is 39.1 Å². The Morgan fingerprint density at radius 3 is 2.05 bits per heavy atom. The molecule has 4 aromatic rings. The largest absolute Gasteiger partial charge is 0.493 e. The maximum absolute atomic E-state index is 12.9. The summed E-state index contributed by atoms with van der Waals surface area (Å²) in [4.78, 5) is 38.1. The van der Waals surface area contributed by atoms with E-state index in [0.717, 1.165) is 0 Å². The highest BCUT2D eigenvalue weighted by atomic mass is 35.5. The predicted octanol–water partition coefficient (Wildman–Crippen LogP) is 6.25. The number of anilines is 1. The van der Waals surface area contributed by atoms with Crippen LogP contribution in [0.25, 0.3) is 0 Å². The monoisotopic (exact) mass is 621 g/mol. The van der Waals surface area contributed by atoms with Gasteiger partial charge in [-0.25, -0.2) is 10.2 Å². The lowest BCUT2D eigenvalue weighted by Crippen LogP contribution is -2.18. The summed E-state index contributed by atoms with van der Waals surface area (Å²) >= 11 is 12.0. The number of benzene rings is 4. The van der Waals surface area contributed by atoms with E-state index < -0.39 is 17.8 Å². The number of esters is 1. The first-order valence-electron chi connectivity index (χ1n) is 12.5. The van der Waals surface area contributed by atoms with Crippen LogP contribution in [0.15, 0.2) is 84.0 Å². The number of hydrazone groups is 1. The molecule has 0 aliphatic rings. The van der Waals surface area contributed by atoms with Crippen LogP contribution in [0.4, 0.5) is 5.69 Å². The Balaban J connectivity index is 1.40. The van der Waals surface area contributed by atoms with Crippen molar-refractivity contribution in [2.45, 2.75) is 0 Å². The minimum Gasteiger partial charge on any atom is -0.493 e. The molecule has 0 radical (unpaired) electrons. The van der Waals surface area contributed by atoms with Gasteiger partial charge in [0.1, 0.15) is 5.75 Å². The maximum atomic E-state index is 12.9. The van der Waals surface area contributed by atoms with Gasteiger partial charge in [0.15, 0.2) is 11.5 Å². The normalized spacial score (nSPS) is 10.6. The van der Waals surface area contributed by atoms with Crippen molar-refractivity contribution in [3.05, 3.63) is 111 Å². The van der Waals surface area contributed by atoms with Crippen molar-refractivity contribution in [2.24, 2.45) is 5.10 Å². The fourth-order valence-electron chi connectivity index (χ4n) is 3.84. The van der Waals surface area contributed by atoms with Gasteiger partial charge in [-0.15, -0.1) is 0 Å². The highest BCUT2D eigenvalue weighted by Crippen LogP contribution is 2.38. The van der Waals surface area contributed by atoms with Crippen LogP contribution in [0, 0.1) is 0 Å². The topological polar surface area (TPSA) is 125 Å². The van der Waals surface area contributed by atoms with Gasteiger partial charge in [0.05, 0.1) is 43.7 Å². The zero-order valence-corrected chi connectivity index (χ0v) is 24.7. The molecule has 0 bridgehead atoms. The number of para-hydroxylation sites is 1. The molecule has 0 aromatic heterocycles. The first-order chi connectivity index (χ1) is 20.7. The number of halogens is 2. The van der Waals surface area contributed by atoms with E-state index in [-0.39, 0.29) is 21.9 Å². The van der Waals surface area contributed by atoms with Crippen LogP contribution in [-0.4, -0.2) is 45.3 Å². The van der Waals surface area contributed by atoms with Gasteiger partial charge in [-0.3, -0.25) is 9.59 Å². The van der Waals surface area contributed by atoms with Crippen LogP contribution in [0.2, 0.25) is 10.0 Å². The fraction of sp³-hybridized carbons (Fsp3) is 0.0968. The lowest BCUT2D eigenvalue weighted by Gasteiger charge is -2.14. The second kappa shape index (κ2) is 14.2. The van der Waals surface area contributed by atoms with Crippen molar-refractivity contribution in [1.82, 2.24) is 5.43 Å². The highest BCUT2D eigenvalue weighted by molar-refractivity contribution is 6.37. The van der Waals surface area contributed by atoms with Crippen molar-refractivity contribution in [3.63, 3.8) is 0 Å². The third-order valence-electron chi connectivity index (χ3n) is 5.97. The van der Waals surface area contributed by atoms with E-state index in [1.54, 1.807) is 42.5 Å². The van der Waals surface area contributed by atoms with Gasteiger partial charge in [-0.2, -0.15) is 5.10 Å². The molecule has 0 fully saturated rings. The minimum absolute atomic E-state index is 0.172. The Labute approximate surface area is 257 Å². The molecule has 220 valence electrons. The molecule has 0 heterocycles. The van der Waals surface area contributed by atoms with Gasteiger partial charge in [0.2, 0.25) is 5.75 Å². The average molecular weight is 622 g/mol. The zero-order valence-electron chi connectivity index (χ0n) is 23.1. The van der Waals surface area contributed by atoms with Gasteiger partial charge in [-0.05, 0) is 66.7 Å². The Morgan fingerprint density at radius 2 is 1.42 bits per heavy atom. The van der Waals surface area contributed by atoms with Crippen LogP contribution >= 0.6 is 23.2 Å². The summed E-state index contributed by atoms with van der Waals surface area (Å²) < 4.78 is 21.5. The van der Waals surface area contributed by atoms with E-state index in [9.17, 15) is 14.4 Å². The van der Waals surface area contributed by atoms with E-state index >= 15 is 0 Å². The summed E-state index contributed by atoms with van der Waals surface area (Å²) in [6.45, 7) is 0. The number of rotatable bonds is 10. The summed E-state index contributed by atoms with van der Waals surface area (Å²) in [6, 6.07) is 20.4. The molecule has 0 aliphatic heterocycles. The van der Waals surface area contributed by atoms with Crippen molar-refractivity contribution in [3.8, 4) is 23.0 Å². The van der Waals surface area contributed by atoms with Crippen LogP contribution in [0.5, 0.6) is 23.0 Å². The molecule has 43 heavy (non-hydrogen) atoms. The van der Waals surface area contributed by atoms with Crippen molar-refractivity contribution in [1.29, 1.82) is 0 Å². The third-order valence-corrected chi connectivity index (χ3v) is 6.52. The molecular formula is C31H25Cl2N3O7. The second-order valence-electron chi connectivity index (χ2n) is 8.70. The molecule has 0 aliphatic carbocycles. The zero-order chi connectivity index (χ0) is 30.9. The summed E-state index contributed by atoms with van der Waals surface area (Å²) in [5.74, 6) is -0.447. The van der Waals surface area contributed by atoms with E-state index in [1.807, 2.05) is 0 Å². The Morgan fingerprint density at radius 1 is 0.744 bits per heavy atom. The van der Waals surface area contributed by atoms with Crippen LogP contribution in [-0.2, 0) is 0 Å². The molecule has 2 amide bonds. The number of carbonyl (C=O) groups is 3. The lowest BCUT2D eigenvalue weighted by molar-refractivity contribution is 0.0733. The fourth-order valence-corrected chi connectivity index (χ4v) is 4.33. The number of hydrogen-bond acceptors (Lipinski definition) is 8. The highest BCUT2D eigenvalue weighted by Gasteiger charge is 2.19. The number of hydrogen-bond donors (Lipinski definition) is 2. The molecule has 0 unspecified atom stereocenters. The Kier molecular flexibility index (Phi) is 10.2. The van der Waals surface area contributed by atoms with E-state index in [2.05, 4.69) is 15.8 Å².